The van der Waals surface area contributed by atoms with Gasteiger partial charge in [-0.15, -0.1) is 0 Å². The maximum atomic E-state index is 13.3. The van der Waals surface area contributed by atoms with E-state index in [9.17, 15) is 18.8 Å². The molecular formula is C14H13FN2O3. The fraction of sp³-hybridized carbons (Fsp3) is 0.357. The second-order valence-corrected chi connectivity index (χ2v) is 5.27. The van der Waals surface area contributed by atoms with Crippen LogP contribution in [0.4, 0.5) is 14.9 Å². The van der Waals surface area contributed by atoms with Crippen molar-refractivity contribution >= 4 is 23.5 Å². The van der Waals surface area contributed by atoms with Gasteiger partial charge in [0.2, 0.25) is 5.91 Å². The lowest BCUT2D eigenvalue weighted by atomic mass is 9.66. The van der Waals surface area contributed by atoms with Crippen LogP contribution in [0, 0.1) is 18.2 Å². The minimum atomic E-state index is -1.11. The number of urea groups is 1. The van der Waals surface area contributed by atoms with Gasteiger partial charge in [0, 0.05) is 0 Å². The van der Waals surface area contributed by atoms with E-state index < -0.39 is 29.1 Å². The predicted molar refractivity (Wildman–Crippen MR) is 68.4 cm³/mol. The van der Waals surface area contributed by atoms with Gasteiger partial charge in [0.1, 0.15) is 11.2 Å². The van der Waals surface area contributed by atoms with Crippen molar-refractivity contribution in [3.63, 3.8) is 0 Å². The van der Waals surface area contributed by atoms with Crippen LogP contribution >= 0.6 is 0 Å². The number of anilines is 1. The first kappa shape index (κ1) is 12.8. The first-order valence-corrected chi connectivity index (χ1v) is 6.42. The summed E-state index contributed by atoms with van der Waals surface area (Å²) in [7, 11) is 0. The van der Waals surface area contributed by atoms with E-state index in [0.717, 1.165) is 11.3 Å². The zero-order valence-electron chi connectivity index (χ0n) is 10.9. The van der Waals surface area contributed by atoms with Crippen LogP contribution in [0.5, 0.6) is 0 Å². The fourth-order valence-electron chi connectivity index (χ4n) is 2.65. The normalized spacial score (nSPS) is 20.9. The van der Waals surface area contributed by atoms with Crippen LogP contribution in [-0.4, -0.2) is 17.8 Å². The second-order valence-electron chi connectivity index (χ2n) is 5.27. The molecule has 1 aliphatic heterocycles. The number of carbonyl (C=O) groups excluding carboxylic acids is 3. The summed E-state index contributed by atoms with van der Waals surface area (Å²) < 4.78 is 13.3. The Hall–Kier alpha value is -2.24. The quantitative estimate of drug-likeness (QED) is 0.796. The van der Waals surface area contributed by atoms with Crippen molar-refractivity contribution in [3.05, 3.63) is 29.6 Å². The molecule has 1 saturated carbocycles. The number of rotatable bonds is 1. The average Bonchev–Trinajstić information content (AvgIpc) is 2.31. The van der Waals surface area contributed by atoms with E-state index in [1.54, 1.807) is 6.92 Å². The minimum absolute atomic E-state index is 0.283. The Morgan fingerprint density at radius 1 is 1.25 bits per heavy atom. The van der Waals surface area contributed by atoms with E-state index in [1.807, 2.05) is 0 Å². The molecule has 1 aromatic rings. The largest absolute Gasteiger partial charge is 0.335 e. The third-order valence-electron chi connectivity index (χ3n) is 4.08. The Balaban J connectivity index is 2.03. The molecule has 1 N–H and O–H groups in total. The number of barbiturate groups is 1. The summed E-state index contributed by atoms with van der Waals surface area (Å²) in [5.74, 6) is -1.44. The van der Waals surface area contributed by atoms with Crippen LogP contribution < -0.4 is 10.2 Å². The topological polar surface area (TPSA) is 66.5 Å². The molecule has 0 bridgehead atoms. The van der Waals surface area contributed by atoms with Crippen molar-refractivity contribution in [2.75, 3.05) is 4.90 Å². The van der Waals surface area contributed by atoms with E-state index in [2.05, 4.69) is 5.32 Å². The molecule has 0 aromatic heterocycles. The van der Waals surface area contributed by atoms with Gasteiger partial charge in [-0.1, -0.05) is 6.42 Å². The number of benzene rings is 1. The summed E-state index contributed by atoms with van der Waals surface area (Å²) in [5, 5.41) is 2.22. The molecule has 104 valence electrons. The lowest BCUT2D eigenvalue weighted by Crippen LogP contribution is -2.66. The van der Waals surface area contributed by atoms with Gasteiger partial charge in [-0.3, -0.25) is 14.9 Å². The summed E-state index contributed by atoms with van der Waals surface area (Å²) in [5.41, 5.74) is -0.497. The van der Waals surface area contributed by atoms with Crippen LogP contribution in [0.1, 0.15) is 24.8 Å². The highest BCUT2D eigenvalue weighted by molar-refractivity contribution is 6.30. The van der Waals surface area contributed by atoms with E-state index in [4.69, 9.17) is 0 Å². The molecule has 1 spiro atoms. The molecule has 6 heteroatoms. The molecule has 0 atom stereocenters. The highest BCUT2D eigenvalue weighted by Crippen LogP contribution is 2.45. The van der Waals surface area contributed by atoms with Gasteiger partial charge >= 0.3 is 6.03 Å². The number of nitrogens with one attached hydrogen (secondary N) is 1. The summed E-state index contributed by atoms with van der Waals surface area (Å²) in [6.45, 7) is 1.55. The van der Waals surface area contributed by atoms with Gasteiger partial charge < -0.3 is 0 Å². The summed E-state index contributed by atoms with van der Waals surface area (Å²) in [6.07, 6.45) is 1.67. The minimum Gasteiger partial charge on any atom is -0.276 e. The molecular weight excluding hydrogens is 263 g/mol. The van der Waals surface area contributed by atoms with Crippen LogP contribution in [0.15, 0.2) is 18.2 Å². The number of aryl methyl sites for hydroxylation is 1. The smallest absolute Gasteiger partial charge is 0.276 e. The molecule has 1 saturated heterocycles. The number of amides is 4. The van der Waals surface area contributed by atoms with Crippen molar-refractivity contribution in [2.24, 2.45) is 5.41 Å². The monoisotopic (exact) mass is 276 g/mol. The number of hydrogen-bond acceptors (Lipinski definition) is 3. The molecule has 20 heavy (non-hydrogen) atoms. The van der Waals surface area contributed by atoms with Crippen LogP contribution in [-0.2, 0) is 9.59 Å². The maximum absolute atomic E-state index is 13.3. The molecule has 1 heterocycles. The maximum Gasteiger partial charge on any atom is 0.335 e. The molecule has 5 nitrogen and oxygen atoms in total. The Bertz CT molecular complexity index is 637. The van der Waals surface area contributed by atoms with Gasteiger partial charge in [0.15, 0.2) is 0 Å². The number of halogens is 1. The molecule has 0 unspecified atom stereocenters. The van der Waals surface area contributed by atoms with Gasteiger partial charge in [-0.25, -0.2) is 14.1 Å². The van der Waals surface area contributed by atoms with Gasteiger partial charge in [0.05, 0.1) is 5.69 Å². The molecule has 4 amide bonds. The lowest BCUT2D eigenvalue weighted by molar-refractivity contribution is -0.148. The van der Waals surface area contributed by atoms with Crippen molar-refractivity contribution in [3.8, 4) is 0 Å². The highest BCUT2D eigenvalue weighted by Gasteiger charge is 2.57. The van der Waals surface area contributed by atoms with E-state index in [-0.39, 0.29) is 5.69 Å². The predicted octanol–water partition coefficient (Wildman–Crippen LogP) is 1.89. The summed E-state index contributed by atoms with van der Waals surface area (Å²) >= 11 is 0. The van der Waals surface area contributed by atoms with Crippen LogP contribution in [0.3, 0.4) is 0 Å². The van der Waals surface area contributed by atoms with Gasteiger partial charge in [0.25, 0.3) is 5.91 Å². The Labute approximate surface area is 114 Å². The molecule has 2 fully saturated rings. The molecule has 1 aromatic carbocycles. The van der Waals surface area contributed by atoms with Crippen molar-refractivity contribution < 1.29 is 18.8 Å². The van der Waals surface area contributed by atoms with E-state index in [1.165, 1.54) is 18.2 Å². The Kier molecular flexibility index (Phi) is 2.64. The highest BCUT2D eigenvalue weighted by atomic mass is 19.1. The molecule has 0 radical (unpaired) electrons. The number of imide groups is 2. The van der Waals surface area contributed by atoms with Gasteiger partial charge in [-0.05, 0) is 43.5 Å². The molecule has 2 aliphatic rings. The zero-order valence-corrected chi connectivity index (χ0v) is 10.9. The summed E-state index contributed by atoms with van der Waals surface area (Å²) in [6, 6.07) is 3.22. The van der Waals surface area contributed by atoms with Crippen LogP contribution in [0.2, 0.25) is 0 Å². The number of carbonyl (C=O) groups is 3. The van der Waals surface area contributed by atoms with Gasteiger partial charge in [-0.2, -0.15) is 0 Å². The standard InChI is InChI=1S/C14H13FN2O3/c1-8-7-9(3-4-10(8)15)17-12(19)14(5-2-6-14)11(18)16-13(17)20/h3-4,7H,2,5-6H2,1H3,(H,16,18,20). The van der Waals surface area contributed by atoms with Crippen molar-refractivity contribution in [1.29, 1.82) is 0 Å². The third-order valence-corrected chi connectivity index (χ3v) is 4.08. The first-order chi connectivity index (χ1) is 9.45. The van der Waals surface area contributed by atoms with Crippen molar-refractivity contribution in [2.45, 2.75) is 26.2 Å². The second kappa shape index (κ2) is 4.13. The number of hydrogen-bond donors (Lipinski definition) is 1. The van der Waals surface area contributed by atoms with E-state index >= 15 is 0 Å². The fourth-order valence-corrected chi connectivity index (χ4v) is 2.65. The van der Waals surface area contributed by atoms with E-state index in [0.29, 0.717) is 18.4 Å². The Morgan fingerprint density at radius 2 is 1.95 bits per heavy atom. The SMILES string of the molecule is Cc1cc(N2C(=O)NC(=O)C3(CCC3)C2=O)ccc1F. The van der Waals surface area contributed by atoms with Crippen molar-refractivity contribution in [1.82, 2.24) is 5.32 Å². The molecule has 1 aliphatic carbocycles. The Morgan fingerprint density at radius 3 is 2.50 bits per heavy atom. The molecule has 3 rings (SSSR count). The van der Waals surface area contributed by atoms with Crippen LogP contribution in [0.25, 0.3) is 0 Å². The third kappa shape index (κ3) is 1.57. The lowest BCUT2D eigenvalue weighted by Gasteiger charge is -2.44. The summed E-state index contributed by atoms with van der Waals surface area (Å²) in [4.78, 5) is 37.2. The first-order valence-electron chi connectivity index (χ1n) is 6.42. The average molecular weight is 276 g/mol. The zero-order chi connectivity index (χ0) is 14.5. The number of nitrogens with zero attached hydrogens (tertiary/aromatic N) is 1.